The Morgan fingerprint density at radius 2 is 1.79 bits per heavy atom. The summed E-state index contributed by atoms with van der Waals surface area (Å²) >= 11 is 0. The summed E-state index contributed by atoms with van der Waals surface area (Å²) in [6, 6.07) is 5.86. The molecule has 0 amide bonds. The van der Waals surface area contributed by atoms with E-state index in [1.54, 1.807) is 10.8 Å². The summed E-state index contributed by atoms with van der Waals surface area (Å²) in [6.07, 6.45) is -1.38. The number of fused-ring (bicyclic) bond motifs is 3. The highest BCUT2D eigenvalue weighted by molar-refractivity contribution is 6.04. The van der Waals surface area contributed by atoms with Crippen LogP contribution >= 0.6 is 0 Å². The quantitative estimate of drug-likeness (QED) is 0.352. The molecular weight excluding hydrogens is 497 g/mol. The summed E-state index contributed by atoms with van der Waals surface area (Å²) in [5.41, 5.74) is 1.42. The molecule has 11 heteroatoms. The topological polar surface area (TPSA) is 86.5 Å². The molecule has 0 spiro atoms. The molecule has 1 aromatic carbocycles. The predicted octanol–water partition coefficient (Wildman–Crippen LogP) is 3.92. The van der Waals surface area contributed by atoms with Crippen LogP contribution in [0.3, 0.4) is 0 Å². The molecule has 38 heavy (non-hydrogen) atoms. The lowest BCUT2D eigenvalue weighted by molar-refractivity contribution is -0.134. The molecule has 2 aliphatic rings. The van der Waals surface area contributed by atoms with Gasteiger partial charge in [0.25, 0.3) is 5.56 Å². The molecule has 5 rings (SSSR count). The van der Waals surface area contributed by atoms with E-state index >= 15 is 0 Å². The summed E-state index contributed by atoms with van der Waals surface area (Å²) in [4.78, 5) is 27.7. The zero-order valence-corrected chi connectivity index (χ0v) is 21.7. The summed E-state index contributed by atoms with van der Waals surface area (Å²) in [6.45, 7) is 4.84. The van der Waals surface area contributed by atoms with Gasteiger partial charge in [-0.15, -0.1) is 0 Å². The predicted molar refractivity (Wildman–Crippen MR) is 141 cm³/mol. The van der Waals surface area contributed by atoms with Crippen molar-refractivity contribution in [2.45, 2.75) is 63.4 Å². The van der Waals surface area contributed by atoms with E-state index in [1.807, 2.05) is 18.2 Å². The minimum absolute atomic E-state index is 0.0775. The number of likely N-dealkylation sites (N-methyl/N-ethyl adjacent to an activating group) is 1. The molecule has 3 aromatic rings. The number of halogens is 3. The van der Waals surface area contributed by atoms with E-state index in [4.69, 9.17) is 0 Å². The zero-order chi connectivity index (χ0) is 26.9. The van der Waals surface area contributed by atoms with Crippen LogP contribution in [0.2, 0.25) is 0 Å². The molecule has 3 heterocycles. The van der Waals surface area contributed by atoms with E-state index in [0.717, 1.165) is 49.1 Å². The van der Waals surface area contributed by atoms with Crippen LogP contribution in [0.25, 0.3) is 21.8 Å². The third-order valence-corrected chi connectivity index (χ3v) is 7.77. The number of nitrogens with one attached hydrogen (secondary N) is 1. The Morgan fingerprint density at radius 3 is 2.50 bits per heavy atom. The highest BCUT2D eigenvalue weighted by Crippen LogP contribution is 2.32. The van der Waals surface area contributed by atoms with Crippen LogP contribution in [0.15, 0.2) is 29.2 Å². The van der Waals surface area contributed by atoms with E-state index in [0.29, 0.717) is 36.7 Å². The van der Waals surface area contributed by atoms with Crippen LogP contribution in [-0.2, 0) is 6.54 Å². The Morgan fingerprint density at radius 1 is 1.05 bits per heavy atom. The van der Waals surface area contributed by atoms with Gasteiger partial charge in [0.2, 0.25) is 5.95 Å². The molecule has 1 saturated heterocycles. The molecule has 0 unspecified atom stereocenters. The number of hydrogen-bond acceptors (Lipinski definition) is 7. The Labute approximate surface area is 219 Å². The molecule has 1 aliphatic carbocycles. The van der Waals surface area contributed by atoms with Crippen LogP contribution < -0.4 is 10.9 Å². The van der Waals surface area contributed by atoms with Crippen molar-refractivity contribution in [3.8, 4) is 0 Å². The molecule has 206 valence electrons. The highest BCUT2D eigenvalue weighted by Gasteiger charge is 2.27. The fraction of sp³-hybridized carbons (Fsp3) is 0.593. The van der Waals surface area contributed by atoms with Gasteiger partial charge in [-0.2, -0.15) is 18.2 Å². The number of benzene rings is 1. The number of anilines is 1. The number of alkyl halides is 3. The van der Waals surface area contributed by atoms with Gasteiger partial charge in [0.05, 0.1) is 6.10 Å². The van der Waals surface area contributed by atoms with Gasteiger partial charge < -0.3 is 15.3 Å². The summed E-state index contributed by atoms with van der Waals surface area (Å²) in [7, 11) is 2.12. The second-order valence-corrected chi connectivity index (χ2v) is 10.7. The first-order valence-corrected chi connectivity index (χ1v) is 13.4. The number of nitrogens with zero attached hydrogens (tertiary/aromatic N) is 5. The lowest BCUT2D eigenvalue weighted by Gasteiger charge is -2.32. The molecule has 2 N–H and O–H groups in total. The largest absolute Gasteiger partial charge is 0.393 e. The Balaban J connectivity index is 1.51. The van der Waals surface area contributed by atoms with Crippen molar-refractivity contribution in [1.82, 2.24) is 24.3 Å². The standard InChI is InChI=1S/C27H35F3N6O2/c1-34-11-13-35(14-12-34)17-18-3-8-21-22(15-18)25(38)36(19-4-6-20(37)7-5-19)24-23(21)16-32-26(33-24)31-10-2-9-27(28,29)30/h3,8,15-16,19-20,37H,2,4-7,9-14,17H2,1H3,(H,31,32,33)/t19-,20-. The van der Waals surface area contributed by atoms with Crippen molar-refractivity contribution in [2.24, 2.45) is 0 Å². The Kier molecular flexibility index (Phi) is 7.88. The maximum Gasteiger partial charge on any atom is 0.389 e. The fourth-order valence-electron chi connectivity index (χ4n) is 5.57. The number of aromatic nitrogens is 3. The maximum atomic E-state index is 14.0. The lowest BCUT2D eigenvalue weighted by Crippen LogP contribution is -2.43. The van der Waals surface area contributed by atoms with Crippen molar-refractivity contribution >= 4 is 27.8 Å². The number of pyridine rings is 1. The monoisotopic (exact) mass is 532 g/mol. The molecule has 2 fully saturated rings. The van der Waals surface area contributed by atoms with Crippen LogP contribution in [0, 0.1) is 0 Å². The van der Waals surface area contributed by atoms with E-state index in [1.165, 1.54) is 0 Å². The van der Waals surface area contributed by atoms with Gasteiger partial charge in [0, 0.05) is 68.7 Å². The minimum atomic E-state index is -4.21. The van der Waals surface area contributed by atoms with Gasteiger partial charge in [-0.1, -0.05) is 12.1 Å². The van der Waals surface area contributed by atoms with Gasteiger partial charge in [-0.25, -0.2) is 4.98 Å². The van der Waals surface area contributed by atoms with E-state index in [2.05, 4.69) is 32.1 Å². The Hall–Kier alpha value is -2.76. The number of piperazine rings is 1. The van der Waals surface area contributed by atoms with E-state index in [-0.39, 0.29) is 36.6 Å². The molecule has 0 radical (unpaired) electrons. The molecule has 8 nitrogen and oxygen atoms in total. The van der Waals surface area contributed by atoms with Gasteiger partial charge >= 0.3 is 6.18 Å². The van der Waals surface area contributed by atoms with Gasteiger partial charge in [-0.3, -0.25) is 14.3 Å². The van der Waals surface area contributed by atoms with Crippen molar-refractivity contribution < 1.29 is 18.3 Å². The van der Waals surface area contributed by atoms with Gasteiger partial charge in [-0.05, 0) is 56.2 Å². The molecule has 2 aromatic heterocycles. The lowest BCUT2D eigenvalue weighted by atomic mass is 9.92. The normalized spacial score (nSPS) is 21.8. The van der Waals surface area contributed by atoms with E-state index < -0.39 is 12.6 Å². The number of rotatable bonds is 7. The molecule has 0 atom stereocenters. The summed E-state index contributed by atoms with van der Waals surface area (Å²) < 4.78 is 39.3. The number of hydrogen-bond donors (Lipinski definition) is 2. The second kappa shape index (κ2) is 11.2. The zero-order valence-electron chi connectivity index (χ0n) is 21.7. The summed E-state index contributed by atoms with van der Waals surface area (Å²) in [5.74, 6) is 0.203. The first kappa shape index (κ1) is 26.8. The molecule has 1 aliphatic heterocycles. The number of aliphatic hydroxyl groups excluding tert-OH is 1. The average Bonchev–Trinajstić information content (AvgIpc) is 2.89. The fourth-order valence-corrected chi connectivity index (χ4v) is 5.57. The van der Waals surface area contributed by atoms with Gasteiger partial charge in [0.1, 0.15) is 5.65 Å². The first-order valence-electron chi connectivity index (χ1n) is 13.4. The number of aliphatic hydroxyl groups is 1. The third-order valence-electron chi connectivity index (χ3n) is 7.77. The SMILES string of the molecule is CN1CCN(Cc2ccc3c(c2)c(=O)n([C@H]2CC[C@H](O)CC2)c2nc(NCCCC(F)(F)F)ncc32)CC1. The summed E-state index contributed by atoms with van der Waals surface area (Å²) in [5, 5.41) is 15.0. The minimum Gasteiger partial charge on any atom is -0.393 e. The molecular formula is C27H35F3N6O2. The average molecular weight is 533 g/mol. The first-order chi connectivity index (χ1) is 18.2. The van der Waals surface area contributed by atoms with Crippen molar-refractivity contribution in [2.75, 3.05) is 45.1 Å². The van der Waals surface area contributed by atoms with Crippen LogP contribution in [0.5, 0.6) is 0 Å². The third kappa shape index (κ3) is 6.10. The van der Waals surface area contributed by atoms with Crippen LogP contribution in [0.1, 0.15) is 50.1 Å². The van der Waals surface area contributed by atoms with E-state index in [9.17, 15) is 23.1 Å². The van der Waals surface area contributed by atoms with Crippen LogP contribution in [-0.4, -0.2) is 81.5 Å². The molecule has 1 saturated carbocycles. The Bertz CT molecular complexity index is 1330. The van der Waals surface area contributed by atoms with Gasteiger partial charge in [0.15, 0.2) is 0 Å². The smallest absolute Gasteiger partial charge is 0.389 e. The maximum absolute atomic E-state index is 14.0. The second-order valence-electron chi connectivity index (χ2n) is 10.7. The van der Waals surface area contributed by atoms with Crippen molar-refractivity contribution in [1.29, 1.82) is 0 Å². The molecule has 0 bridgehead atoms. The highest BCUT2D eigenvalue weighted by atomic mass is 19.4. The van der Waals surface area contributed by atoms with Crippen LogP contribution in [0.4, 0.5) is 19.1 Å². The van der Waals surface area contributed by atoms with Crippen molar-refractivity contribution in [3.63, 3.8) is 0 Å². The van der Waals surface area contributed by atoms with Crippen molar-refractivity contribution in [3.05, 3.63) is 40.3 Å².